The van der Waals surface area contributed by atoms with Crippen LogP contribution < -0.4 is 9.64 Å². The molecule has 3 aromatic rings. The number of hydrogen-bond acceptors (Lipinski definition) is 5. The van der Waals surface area contributed by atoms with Gasteiger partial charge in [0.25, 0.3) is 0 Å². The molecule has 0 aliphatic heterocycles. The molecule has 1 N–H and O–H groups in total. The second-order valence-electron chi connectivity index (χ2n) is 10.8. The van der Waals surface area contributed by atoms with Gasteiger partial charge in [-0.2, -0.15) is 18.3 Å². The van der Waals surface area contributed by atoms with Gasteiger partial charge < -0.3 is 14.7 Å². The van der Waals surface area contributed by atoms with Crippen LogP contribution in [0.2, 0.25) is 0 Å². The zero-order valence-electron chi connectivity index (χ0n) is 22.9. The number of ether oxygens (including phenoxy) is 1. The normalized spacial score (nSPS) is 17.6. The summed E-state index contributed by atoms with van der Waals surface area (Å²) in [7, 11) is 0. The van der Waals surface area contributed by atoms with Crippen molar-refractivity contribution in [3.05, 3.63) is 65.1 Å². The van der Waals surface area contributed by atoms with Gasteiger partial charge in [0.2, 0.25) is 11.8 Å². The predicted octanol–water partition coefficient (Wildman–Crippen LogP) is 6.71. The van der Waals surface area contributed by atoms with E-state index in [1.165, 1.54) is 27.9 Å². The summed E-state index contributed by atoms with van der Waals surface area (Å²) < 4.78 is 48.8. The summed E-state index contributed by atoms with van der Waals surface area (Å²) in [6.07, 6.45) is 3.11. The number of aromatic carboxylic acids is 1. The lowest BCUT2D eigenvalue weighted by Crippen LogP contribution is -2.42. The van der Waals surface area contributed by atoms with Gasteiger partial charge in [-0.15, -0.1) is 0 Å². The smallest absolute Gasteiger partial charge is 0.421 e. The zero-order valence-corrected chi connectivity index (χ0v) is 22.9. The maximum atomic E-state index is 13.9. The number of pyridine rings is 1. The molecule has 1 aliphatic rings. The van der Waals surface area contributed by atoms with Crippen LogP contribution in [-0.4, -0.2) is 37.8 Å². The van der Waals surface area contributed by atoms with Crippen LogP contribution in [0.3, 0.4) is 0 Å². The van der Waals surface area contributed by atoms with Gasteiger partial charge in [0.05, 0.1) is 24.0 Å². The largest absolute Gasteiger partial charge is 0.478 e. The first-order chi connectivity index (χ1) is 18.8. The van der Waals surface area contributed by atoms with Crippen LogP contribution in [0.5, 0.6) is 11.6 Å². The van der Waals surface area contributed by atoms with E-state index < -0.39 is 23.6 Å². The fraction of sp³-hybridized carbons (Fsp3) is 0.448. The molecule has 1 saturated carbocycles. The van der Waals surface area contributed by atoms with Gasteiger partial charge in [-0.1, -0.05) is 6.92 Å². The number of hydrogen-bond donors (Lipinski definition) is 1. The van der Waals surface area contributed by atoms with Crippen LogP contribution >= 0.6 is 0 Å². The number of carbonyl (C=O) groups is 2. The van der Waals surface area contributed by atoms with Gasteiger partial charge in [-0.3, -0.25) is 9.48 Å². The molecule has 0 radical (unpaired) electrons. The highest BCUT2D eigenvalue weighted by molar-refractivity contribution is 6.03. The fourth-order valence-corrected chi connectivity index (χ4v) is 5.03. The van der Waals surface area contributed by atoms with Crippen molar-refractivity contribution in [1.29, 1.82) is 0 Å². The Balaban J connectivity index is 1.64. The third-order valence-corrected chi connectivity index (χ3v) is 7.11. The monoisotopic (exact) mass is 558 g/mol. The van der Waals surface area contributed by atoms with Crippen LogP contribution in [0.15, 0.2) is 42.9 Å². The molecule has 40 heavy (non-hydrogen) atoms. The molecular weight excluding hydrogens is 525 g/mol. The van der Waals surface area contributed by atoms with Crippen molar-refractivity contribution in [1.82, 2.24) is 14.8 Å². The number of carboxylic acid groups (broad SMARTS) is 1. The minimum absolute atomic E-state index is 0.0844. The molecule has 1 fully saturated rings. The maximum Gasteiger partial charge on any atom is 0.421 e. The fourth-order valence-electron chi connectivity index (χ4n) is 5.03. The first kappa shape index (κ1) is 29.1. The number of benzene rings is 1. The van der Waals surface area contributed by atoms with Gasteiger partial charge >= 0.3 is 12.1 Å². The SMILES string of the molecule is Cc1cnn(Cc2cnc(Oc3ccc(N(C(=O)C4CCC(C)CC4)C(C)C)c(C(=O)O)c3)c(C(F)(F)F)c2)c1. The molecule has 4 rings (SSSR count). The number of halogens is 3. The topological polar surface area (TPSA) is 97.5 Å². The van der Waals surface area contributed by atoms with Crippen LogP contribution in [0, 0.1) is 18.8 Å². The van der Waals surface area contributed by atoms with Crippen LogP contribution in [0.1, 0.15) is 73.5 Å². The molecule has 2 heterocycles. The summed E-state index contributed by atoms with van der Waals surface area (Å²) in [5, 5.41) is 14.1. The molecule has 214 valence electrons. The van der Waals surface area contributed by atoms with E-state index in [0.29, 0.717) is 5.92 Å². The molecule has 0 bridgehead atoms. The number of rotatable bonds is 8. The second kappa shape index (κ2) is 11.7. The van der Waals surface area contributed by atoms with E-state index >= 15 is 0 Å². The molecule has 11 heteroatoms. The Labute approximate surface area is 230 Å². The van der Waals surface area contributed by atoms with Crippen LogP contribution in [0.4, 0.5) is 18.9 Å². The minimum Gasteiger partial charge on any atom is -0.478 e. The molecular formula is C29H33F3N4O4. The van der Waals surface area contributed by atoms with E-state index in [1.807, 2.05) is 6.92 Å². The highest BCUT2D eigenvalue weighted by Gasteiger charge is 2.36. The van der Waals surface area contributed by atoms with Gasteiger partial charge in [-0.05, 0) is 87.8 Å². The number of nitrogens with zero attached hydrogens (tertiary/aromatic N) is 4. The lowest BCUT2D eigenvalue weighted by molar-refractivity contribution is -0.139. The number of alkyl halides is 3. The first-order valence-electron chi connectivity index (χ1n) is 13.3. The number of anilines is 1. The van der Waals surface area contributed by atoms with Crippen LogP contribution in [0.25, 0.3) is 0 Å². The van der Waals surface area contributed by atoms with E-state index in [2.05, 4.69) is 17.0 Å². The van der Waals surface area contributed by atoms with Crippen LogP contribution in [-0.2, 0) is 17.5 Å². The molecule has 1 amide bonds. The molecule has 0 atom stereocenters. The Morgan fingerprint density at radius 3 is 2.42 bits per heavy atom. The molecule has 0 spiro atoms. The van der Waals surface area contributed by atoms with Crippen molar-refractivity contribution < 1.29 is 32.6 Å². The van der Waals surface area contributed by atoms with E-state index in [9.17, 15) is 27.9 Å². The van der Waals surface area contributed by atoms with Crippen molar-refractivity contribution in [3.63, 3.8) is 0 Å². The summed E-state index contributed by atoms with van der Waals surface area (Å²) in [5.74, 6) is -1.99. The highest BCUT2D eigenvalue weighted by Crippen LogP contribution is 2.39. The Morgan fingerprint density at radius 1 is 1.15 bits per heavy atom. The molecule has 0 saturated heterocycles. The number of carbonyl (C=O) groups excluding carboxylic acids is 1. The summed E-state index contributed by atoms with van der Waals surface area (Å²) in [5.41, 5.74) is -0.0316. The van der Waals surface area contributed by atoms with Crippen molar-refractivity contribution in [2.45, 2.75) is 72.1 Å². The van der Waals surface area contributed by atoms with Crippen molar-refractivity contribution >= 4 is 17.6 Å². The Kier molecular flexibility index (Phi) is 8.51. The molecule has 8 nitrogen and oxygen atoms in total. The highest BCUT2D eigenvalue weighted by atomic mass is 19.4. The van der Waals surface area contributed by atoms with Crippen molar-refractivity contribution in [2.75, 3.05) is 4.90 Å². The van der Waals surface area contributed by atoms with Crippen molar-refractivity contribution in [3.8, 4) is 11.6 Å². The third-order valence-electron chi connectivity index (χ3n) is 7.11. The molecule has 2 aromatic heterocycles. The molecule has 1 aliphatic carbocycles. The number of carboxylic acids is 1. The number of aromatic nitrogens is 3. The molecule has 0 unspecified atom stereocenters. The van der Waals surface area contributed by atoms with Crippen molar-refractivity contribution in [2.24, 2.45) is 11.8 Å². The van der Waals surface area contributed by atoms with Gasteiger partial charge in [-0.25, -0.2) is 9.78 Å². The zero-order chi connectivity index (χ0) is 29.2. The lowest BCUT2D eigenvalue weighted by Gasteiger charge is -2.34. The average Bonchev–Trinajstić information content (AvgIpc) is 3.29. The van der Waals surface area contributed by atoms with Gasteiger partial charge in [0.15, 0.2) is 0 Å². The van der Waals surface area contributed by atoms with Gasteiger partial charge in [0, 0.05) is 24.4 Å². The Morgan fingerprint density at radius 2 is 1.85 bits per heavy atom. The van der Waals surface area contributed by atoms with Gasteiger partial charge in [0.1, 0.15) is 11.3 Å². The minimum atomic E-state index is -4.77. The van der Waals surface area contributed by atoms with E-state index in [1.54, 1.807) is 26.2 Å². The number of amides is 1. The van der Waals surface area contributed by atoms with E-state index in [4.69, 9.17) is 4.74 Å². The summed E-state index contributed by atoms with van der Waals surface area (Å²) in [6.45, 7) is 7.65. The van der Waals surface area contributed by atoms with E-state index in [0.717, 1.165) is 43.4 Å². The summed E-state index contributed by atoms with van der Waals surface area (Å²) in [6, 6.07) is 4.50. The summed E-state index contributed by atoms with van der Waals surface area (Å²) >= 11 is 0. The Hall–Kier alpha value is -3.89. The standard InChI is InChI=1S/C29H33F3N4O4/c1-17(2)36(27(37)21-7-5-18(3)6-8-21)25-10-9-22(12-23(25)28(38)39)40-26-24(29(30,31)32)11-20(14-33-26)16-35-15-19(4)13-34-35/h9-15,17-18,21H,5-8,16H2,1-4H3,(H,38,39). The quantitative estimate of drug-likeness (QED) is 0.330. The first-order valence-corrected chi connectivity index (χ1v) is 13.3. The maximum absolute atomic E-state index is 13.9. The molecule has 1 aromatic carbocycles. The van der Waals surface area contributed by atoms with E-state index in [-0.39, 0.29) is 47.0 Å². The number of aryl methyl sites for hydroxylation is 1. The average molecular weight is 559 g/mol. The predicted molar refractivity (Wildman–Crippen MR) is 143 cm³/mol. The Bertz CT molecular complexity index is 1380. The second-order valence-corrected chi connectivity index (χ2v) is 10.8. The summed E-state index contributed by atoms with van der Waals surface area (Å²) in [4.78, 5) is 31.1. The third kappa shape index (κ3) is 6.63. The lowest BCUT2D eigenvalue weighted by atomic mass is 9.82.